The fourth-order valence-corrected chi connectivity index (χ4v) is 13.1. The van der Waals surface area contributed by atoms with Crippen molar-refractivity contribution in [3.63, 3.8) is 0 Å². The van der Waals surface area contributed by atoms with Crippen LogP contribution in [-0.4, -0.2) is 28.2 Å². The Balaban J connectivity index is 0.00000344. The molecule has 13 rings (SSSR count). The molecule has 0 aliphatic carbocycles. The van der Waals surface area contributed by atoms with Gasteiger partial charge in [-0.2, -0.15) is 0 Å². The van der Waals surface area contributed by atoms with Crippen molar-refractivity contribution < 1.29 is 0 Å². The summed E-state index contributed by atoms with van der Waals surface area (Å²) in [5.74, 6) is 1.64. The molecule has 8 aromatic carbocycles. The summed E-state index contributed by atoms with van der Waals surface area (Å²) in [5, 5.41) is 3.61. The smallest absolute Gasteiger partial charge is 0.145 e. The molecule has 0 aliphatic rings. The first-order chi connectivity index (χ1) is 41.3. The van der Waals surface area contributed by atoms with Crippen LogP contribution in [0.5, 0.6) is 0 Å². The molecule has 6 nitrogen and oxygen atoms in total. The minimum Gasteiger partial charge on any atom is -0.316 e. The number of hydrogen-bond donors (Lipinski definition) is 0. The van der Waals surface area contributed by atoms with Crippen molar-refractivity contribution >= 4 is 85.3 Å². The zero-order valence-electron chi connectivity index (χ0n) is 47.5. The topological polar surface area (TPSA) is 45.5 Å². The van der Waals surface area contributed by atoms with Gasteiger partial charge in [0.15, 0.2) is 0 Å². The predicted octanol–water partition coefficient (Wildman–Crippen LogP) is 21.1. The highest BCUT2D eigenvalue weighted by Crippen LogP contribution is 2.49. The Morgan fingerprint density at radius 2 is 0.917 bits per heavy atom. The van der Waals surface area contributed by atoms with E-state index in [9.17, 15) is 0 Å². The van der Waals surface area contributed by atoms with Gasteiger partial charge in [-0.05, 0) is 143 Å². The summed E-state index contributed by atoms with van der Waals surface area (Å²) in [7, 11) is 0. The molecule has 5 aromatic heterocycles. The molecule has 5 heterocycles. The van der Waals surface area contributed by atoms with Crippen molar-refractivity contribution in [2.24, 2.45) is 0 Å². The molecule has 0 bridgehead atoms. The Kier molecular flexibility index (Phi) is 14.9. The molecule has 0 N–H and O–H groups in total. The maximum Gasteiger partial charge on any atom is 0.145 e. The van der Waals surface area contributed by atoms with Crippen molar-refractivity contribution in [2.75, 3.05) is 0 Å². The fraction of sp³-hybridized carbons (Fsp3) is 0.0390. The Hall–Kier alpha value is -10.6. The first kappa shape index (κ1) is 54.0. The monoisotopic (exact) mass is 1100 g/mol. The quantitative estimate of drug-likeness (QED) is 0.0905. The summed E-state index contributed by atoms with van der Waals surface area (Å²) in [6.07, 6.45) is 15.7. The number of imidazole rings is 2. The van der Waals surface area contributed by atoms with Crippen LogP contribution >= 0.6 is 11.3 Å². The van der Waals surface area contributed by atoms with E-state index in [1.54, 1.807) is 12.2 Å². The minimum absolute atomic E-state index is 0.777. The molecule has 84 heavy (non-hydrogen) atoms. The van der Waals surface area contributed by atoms with Crippen LogP contribution in [0.1, 0.15) is 59.0 Å². The second-order valence-corrected chi connectivity index (χ2v) is 21.1. The maximum absolute atomic E-state index is 5.06. The van der Waals surface area contributed by atoms with Gasteiger partial charge >= 0.3 is 0 Å². The summed E-state index contributed by atoms with van der Waals surface area (Å²) in [4.78, 5) is 11.3. The Morgan fingerprint density at radius 1 is 0.452 bits per heavy atom. The van der Waals surface area contributed by atoms with E-state index in [2.05, 4.69) is 241 Å². The van der Waals surface area contributed by atoms with E-state index in [-0.39, 0.29) is 0 Å². The molecule has 13 aromatic rings. The average Bonchev–Trinajstić information content (AvgIpc) is 2.32. The molecule has 406 valence electrons. The zero-order valence-corrected chi connectivity index (χ0v) is 48.3. The van der Waals surface area contributed by atoms with Gasteiger partial charge < -0.3 is 9.13 Å². The number of fused-ring (bicyclic) bond motifs is 5. The second-order valence-electron chi connectivity index (χ2n) is 20.1. The highest BCUT2D eigenvalue weighted by atomic mass is 32.1. The molecule has 0 aliphatic heterocycles. The maximum atomic E-state index is 5.06. The molecule has 0 spiro atoms. The van der Waals surface area contributed by atoms with Gasteiger partial charge in [0.1, 0.15) is 11.6 Å². The van der Waals surface area contributed by atoms with E-state index >= 15 is 0 Å². The number of thiophene rings is 1. The number of nitrogens with zero attached hydrogens (tertiary/aromatic N) is 6. The van der Waals surface area contributed by atoms with Gasteiger partial charge in [0.2, 0.25) is 0 Å². The van der Waals surface area contributed by atoms with Gasteiger partial charge in [-0.1, -0.05) is 193 Å². The third-order valence-corrected chi connectivity index (χ3v) is 16.9. The number of hydrogen-bond acceptors (Lipinski definition) is 3. The standard InChI is InChI=1S/C75H56N6S.C2H6/c1-8-50(51-34-38-53(39-35-51)74-76-63(9-2)65(11-4)80(74)59-30-22-16-23-31-59)46-56-48-78(57-26-18-14-19-27-57)67(13-6)70(56)72-49(7)61-43-45-69-71(73(61)82-72)62-47-55(42-44-68(62)79(69)58-28-20-15-21-29-58)52-36-40-54(41-37-52)75-77-64(10-3)66(12-5)81(75)60-32-24-17-25-33-60;1-2/h8-48H,1-6H2,7H3;1-2H3/b50-46+;. The Morgan fingerprint density at radius 3 is 1.42 bits per heavy atom. The highest BCUT2D eigenvalue weighted by Gasteiger charge is 2.25. The minimum atomic E-state index is 0.777. The van der Waals surface area contributed by atoms with E-state index < -0.39 is 0 Å². The molecule has 0 saturated heterocycles. The van der Waals surface area contributed by atoms with Crippen LogP contribution in [0.15, 0.2) is 252 Å². The normalized spacial score (nSPS) is 11.4. The van der Waals surface area contributed by atoms with Gasteiger partial charge in [0.05, 0.1) is 39.5 Å². The van der Waals surface area contributed by atoms with Crippen molar-refractivity contribution in [3.8, 4) is 67.1 Å². The Labute approximate surface area is 495 Å². The van der Waals surface area contributed by atoms with Gasteiger partial charge in [-0.15, -0.1) is 11.3 Å². The second kappa shape index (κ2) is 23.1. The summed E-state index contributed by atoms with van der Waals surface area (Å²) < 4.78 is 10.2. The first-order valence-corrected chi connectivity index (χ1v) is 29.1. The summed E-state index contributed by atoms with van der Waals surface area (Å²) in [6.45, 7) is 31.5. The molecule has 0 radical (unpaired) electrons. The molecule has 0 saturated carbocycles. The fourth-order valence-electron chi connectivity index (χ4n) is 11.7. The van der Waals surface area contributed by atoms with Crippen LogP contribution in [0.4, 0.5) is 0 Å². The summed E-state index contributed by atoms with van der Waals surface area (Å²) in [5.41, 5.74) is 20.4. The summed E-state index contributed by atoms with van der Waals surface area (Å²) >= 11 is 1.85. The van der Waals surface area contributed by atoms with Gasteiger partial charge in [0.25, 0.3) is 0 Å². The van der Waals surface area contributed by atoms with Gasteiger partial charge in [-0.3, -0.25) is 9.13 Å². The highest BCUT2D eigenvalue weighted by molar-refractivity contribution is 7.23. The van der Waals surface area contributed by atoms with Crippen molar-refractivity contribution in [2.45, 2.75) is 20.8 Å². The molecular formula is C77H62N6S. The van der Waals surface area contributed by atoms with Crippen LogP contribution in [0.2, 0.25) is 0 Å². The number of aromatic nitrogens is 6. The van der Waals surface area contributed by atoms with E-state index in [1.165, 1.54) is 31.3 Å². The van der Waals surface area contributed by atoms with Gasteiger partial charge in [0, 0.05) is 71.5 Å². The van der Waals surface area contributed by atoms with E-state index in [0.29, 0.717) is 0 Å². The lowest BCUT2D eigenvalue weighted by atomic mass is 9.98. The molecule has 0 amide bonds. The van der Waals surface area contributed by atoms with Crippen molar-refractivity contribution in [1.82, 2.24) is 28.2 Å². The van der Waals surface area contributed by atoms with E-state index in [0.717, 1.165) is 118 Å². The number of allylic oxidation sites excluding steroid dienone is 2. The number of rotatable bonds is 16. The van der Waals surface area contributed by atoms with Crippen molar-refractivity contribution in [3.05, 3.63) is 297 Å². The zero-order chi connectivity index (χ0) is 58.0. The molecule has 0 fully saturated rings. The van der Waals surface area contributed by atoms with Crippen molar-refractivity contribution in [1.29, 1.82) is 0 Å². The van der Waals surface area contributed by atoms with Crippen LogP contribution in [-0.2, 0) is 0 Å². The SMILES string of the molecule is C=C/C(=C\c1cn(-c2ccccc2)c(C=C)c1-c1sc2c(ccc3c2c2cc(-c4ccc(-c5nc(C=C)c(C=C)n5-c5ccccc5)cc4)ccc2n3-c2ccccc2)c1C)c1ccc(-c2nc(C=C)c(C=C)n2-c2ccccc2)cc1.CC. The summed E-state index contributed by atoms with van der Waals surface area (Å²) in [6, 6.07) is 70.6. The van der Waals surface area contributed by atoms with Crippen LogP contribution in [0.3, 0.4) is 0 Å². The number of benzene rings is 8. The van der Waals surface area contributed by atoms with Crippen LogP contribution < -0.4 is 0 Å². The van der Waals surface area contributed by atoms with E-state index in [4.69, 9.17) is 9.97 Å². The number of para-hydroxylation sites is 4. The molecule has 7 heteroatoms. The lowest BCUT2D eigenvalue weighted by molar-refractivity contribution is 1.05. The molecule has 0 unspecified atom stereocenters. The first-order valence-electron chi connectivity index (χ1n) is 28.3. The third kappa shape index (κ3) is 9.27. The lowest BCUT2D eigenvalue weighted by Gasteiger charge is -2.11. The van der Waals surface area contributed by atoms with E-state index in [1.807, 2.05) is 85.9 Å². The number of aryl methyl sites for hydroxylation is 1. The lowest BCUT2D eigenvalue weighted by Crippen LogP contribution is -1.99. The van der Waals surface area contributed by atoms with Gasteiger partial charge in [-0.25, -0.2) is 9.97 Å². The largest absolute Gasteiger partial charge is 0.316 e. The molecular weight excluding hydrogens is 1040 g/mol. The predicted molar refractivity (Wildman–Crippen MR) is 363 cm³/mol. The third-order valence-electron chi connectivity index (χ3n) is 15.5. The van der Waals surface area contributed by atoms with Crippen LogP contribution in [0.25, 0.3) is 141 Å². The Bertz CT molecular complexity index is 4690. The average molecular weight is 1100 g/mol. The van der Waals surface area contributed by atoms with Crippen LogP contribution in [0, 0.1) is 6.92 Å². The molecule has 0 atom stereocenters.